The molecule has 0 aliphatic rings. The number of hydrogen-bond acceptors (Lipinski definition) is 3. The van der Waals surface area contributed by atoms with Gasteiger partial charge in [0.15, 0.2) is 0 Å². The van der Waals surface area contributed by atoms with Gasteiger partial charge in [-0.1, -0.05) is 25.7 Å². The minimum Gasteiger partial charge on any atom is -0.481 e. The summed E-state index contributed by atoms with van der Waals surface area (Å²) < 4.78 is 4.68. The maximum Gasteiger partial charge on any atom is 0.307 e. The molecule has 0 saturated heterocycles. The summed E-state index contributed by atoms with van der Waals surface area (Å²) in [5.74, 6) is -0.885. The number of esters is 1. The Kier molecular flexibility index (Phi) is 10.0. The van der Waals surface area contributed by atoms with Crippen molar-refractivity contribution >= 4 is 11.9 Å². The molecule has 0 bridgehead atoms. The van der Waals surface area contributed by atoms with Gasteiger partial charge in [-0.3, -0.25) is 9.59 Å². The van der Waals surface area contributed by atoms with Crippen molar-refractivity contribution in [1.29, 1.82) is 0 Å². The molecule has 1 N–H and O–H groups in total. The second kappa shape index (κ2) is 10.8. The summed E-state index contributed by atoms with van der Waals surface area (Å²) in [6.07, 6.45) is 9.34. The van der Waals surface area contributed by atoms with Crippen molar-refractivity contribution in [3.8, 4) is 0 Å². The van der Waals surface area contributed by atoms with Crippen LogP contribution >= 0.6 is 0 Å². The Labute approximate surface area is 109 Å². The van der Waals surface area contributed by atoms with Gasteiger partial charge in [-0.05, 0) is 31.8 Å². The van der Waals surface area contributed by atoms with Gasteiger partial charge in [-0.2, -0.15) is 0 Å². The predicted molar refractivity (Wildman–Crippen MR) is 69.7 cm³/mol. The predicted octanol–water partition coefficient (Wildman–Crippen LogP) is 3.33. The van der Waals surface area contributed by atoms with Crippen molar-refractivity contribution in [2.45, 2.75) is 51.9 Å². The highest BCUT2D eigenvalue weighted by Crippen LogP contribution is 2.12. The maximum atomic E-state index is 10.5. The van der Waals surface area contributed by atoms with Crippen LogP contribution < -0.4 is 0 Å². The fourth-order valence-corrected chi connectivity index (χ4v) is 1.56. The van der Waals surface area contributed by atoms with E-state index in [9.17, 15) is 9.59 Å². The van der Waals surface area contributed by atoms with E-state index < -0.39 is 5.97 Å². The number of carbonyl (C=O) groups is 2. The lowest BCUT2D eigenvalue weighted by molar-refractivity contribution is -0.137. The number of ether oxygens (including phenoxy) is 1. The van der Waals surface area contributed by atoms with E-state index in [1.165, 1.54) is 13.2 Å². The molecular weight excluding hydrogens is 232 g/mol. The van der Waals surface area contributed by atoms with Gasteiger partial charge in [0, 0.05) is 13.3 Å². The first-order chi connectivity index (χ1) is 8.52. The largest absolute Gasteiger partial charge is 0.481 e. The van der Waals surface area contributed by atoms with Gasteiger partial charge in [0.1, 0.15) is 0 Å². The molecular formula is C14H23O4. The Bertz CT molecular complexity index is 271. The van der Waals surface area contributed by atoms with E-state index in [2.05, 4.69) is 11.7 Å². The third-order valence-corrected chi connectivity index (χ3v) is 2.55. The Balaban J connectivity index is 3.35. The highest BCUT2D eigenvalue weighted by molar-refractivity contribution is 5.66. The quantitative estimate of drug-likeness (QED) is 0.369. The number of carboxylic acids is 1. The Hall–Kier alpha value is -1.32. The van der Waals surface area contributed by atoms with Crippen LogP contribution in [-0.4, -0.2) is 17.0 Å². The number of carbonyl (C=O) groups excluding carboxylic acids is 1. The smallest absolute Gasteiger partial charge is 0.307 e. The fraction of sp³-hybridized carbons (Fsp3) is 0.643. The molecule has 0 aromatic heterocycles. The minimum atomic E-state index is -0.719. The maximum absolute atomic E-state index is 10.5. The van der Waals surface area contributed by atoms with Gasteiger partial charge in [0.25, 0.3) is 0 Å². The van der Waals surface area contributed by atoms with Gasteiger partial charge in [-0.15, -0.1) is 0 Å². The second-order valence-electron chi connectivity index (χ2n) is 4.40. The SMILES string of the molecule is [CH2]C(C=COC(C)=O)CCCCCCCC(=O)O. The van der Waals surface area contributed by atoms with Crippen LogP contribution in [0.5, 0.6) is 0 Å². The summed E-state index contributed by atoms with van der Waals surface area (Å²) in [6.45, 7) is 5.30. The summed E-state index contributed by atoms with van der Waals surface area (Å²) in [5, 5.41) is 8.46. The minimum absolute atomic E-state index is 0.156. The summed E-state index contributed by atoms with van der Waals surface area (Å²) in [7, 11) is 0. The Morgan fingerprint density at radius 3 is 2.44 bits per heavy atom. The zero-order chi connectivity index (χ0) is 13.8. The highest BCUT2D eigenvalue weighted by atomic mass is 16.5. The van der Waals surface area contributed by atoms with Gasteiger partial charge in [0.2, 0.25) is 0 Å². The van der Waals surface area contributed by atoms with Crippen LogP contribution in [0.1, 0.15) is 51.9 Å². The third-order valence-electron chi connectivity index (χ3n) is 2.55. The van der Waals surface area contributed by atoms with E-state index in [0.717, 1.165) is 38.5 Å². The first kappa shape index (κ1) is 16.7. The lowest BCUT2D eigenvalue weighted by Crippen LogP contribution is -1.95. The van der Waals surface area contributed by atoms with Crippen molar-refractivity contribution in [2.24, 2.45) is 5.92 Å². The molecule has 1 atom stereocenters. The molecule has 0 aromatic carbocycles. The summed E-state index contributed by atoms with van der Waals surface area (Å²) in [4.78, 5) is 20.8. The van der Waals surface area contributed by atoms with E-state index in [0.29, 0.717) is 0 Å². The Morgan fingerprint density at radius 2 is 1.83 bits per heavy atom. The van der Waals surface area contributed by atoms with E-state index in [1.54, 1.807) is 6.08 Å². The molecule has 18 heavy (non-hydrogen) atoms. The van der Waals surface area contributed by atoms with Gasteiger partial charge in [-0.25, -0.2) is 0 Å². The molecule has 0 aliphatic carbocycles. The average Bonchev–Trinajstić information content (AvgIpc) is 2.26. The molecule has 103 valence electrons. The molecule has 4 nitrogen and oxygen atoms in total. The second-order valence-corrected chi connectivity index (χ2v) is 4.40. The standard InChI is InChI=1S/C14H23O4/c1-12(10-11-18-13(2)15)8-6-4-3-5-7-9-14(16)17/h10-12H,1,3-9H2,2H3,(H,16,17). The van der Waals surface area contributed by atoms with Crippen LogP contribution in [0.2, 0.25) is 0 Å². The first-order valence-corrected chi connectivity index (χ1v) is 6.41. The van der Waals surface area contributed by atoms with E-state index in [4.69, 9.17) is 5.11 Å². The summed E-state index contributed by atoms with van der Waals surface area (Å²) >= 11 is 0. The van der Waals surface area contributed by atoms with Crippen LogP contribution in [0.25, 0.3) is 0 Å². The molecule has 0 aliphatic heterocycles. The van der Waals surface area contributed by atoms with Crippen molar-refractivity contribution < 1.29 is 19.4 Å². The number of allylic oxidation sites excluding steroid dienone is 1. The monoisotopic (exact) mass is 255 g/mol. The van der Waals surface area contributed by atoms with E-state index >= 15 is 0 Å². The number of unbranched alkanes of at least 4 members (excludes halogenated alkanes) is 4. The van der Waals surface area contributed by atoms with E-state index in [-0.39, 0.29) is 18.3 Å². The number of carboxylic acid groups (broad SMARTS) is 1. The van der Waals surface area contributed by atoms with Crippen LogP contribution in [0, 0.1) is 12.8 Å². The molecule has 1 radical (unpaired) electrons. The normalized spacial score (nSPS) is 12.6. The number of aliphatic carboxylic acids is 1. The molecule has 1 unspecified atom stereocenters. The molecule has 0 saturated carbocycles. The van der Waals surface area contributed by atoms with Crippen LogP contribution in [-0.2, 0) is 14.3 Å². The molecule has 0 aromatic rings. The van der Waals surface area contributed by atoms with Crippen LogP contribution in [0.4, 0.5) is 0 Å². The summed E-state index contributed by atoms with van der Waals surface area (Å²) in [5.41, 5.74) is 0. The fourth-order valence-electron chi connectivity index (χ4n) is 1.56. The van der Waals surface area contributed by atoms with Crippen LogP contribution in [0.15, 0.2) is 12.3 Å². The van der Waals surface area contributed by atoms with Gasteiger partial charge < -0.3 is 9.84 Å². The van der Waals surface area contributed by atoms with Gasteiger partial charge in [0.05, 0.1) is 6.26 Å². The zero-order valence-corrected chi connectivity index (χ0v) is 11.1. The van der Waals surface area contributed by atoms with E-state index in [1.807, 2.05) is 0 Å². The lowest BCUT2D eigenvalue weighted by Gasteiger charge is -2.05. The topological polar surface area (TPSA) is 63.6 Å². The number of hydrogen-bond donors (Lipinski definition) is 1. The Morgan fingerprint density at radius 1 is 1.22 bits per heavy atom. The first-order valence-electron chi connectivity index (χ1n) is 6.41. The molecule has 4 heteroatoms. The van der Waals surface area contributed by atoms with Crippen LogP contribution in [0.3, 0.4) is 0 Å². The van der Waals surface area contributed by atoms with Crippen molar-refractivity contribution in [3.05, 3.63) is 19.3 Å². The lowest BCUT2D eigenvalue weighted by atomic mass is 10.0. The average molecular weight is 255 g/mol. The highest BCUT2D eigenvalue weighted by Gasteiger charge is 1.99. The van der Waals surface area contributed by atoms with Crippen molar-refractivity contribution in [1.82, 2.24) is 0 Å². The zero-order valence-electron chi connectivity index (χ0n) is 11.1. The molecule has 0 rings (SSSR count). The molecule has 0 amide bonds. The van der Waals surface area contributed by atoms with Gasteiger partial charge >= 0.3 is 11.9 Å². The molecule has 0 spiro atoms. The third kappa shape index (κ3) is 12.7. The number of rotatable bonds is 10. The molecule has 0 heterocycles. The summed E-state index contributed by atoms with van der Waals surface area (Å²) in [6, 6.07) is 0. The molecule has 0 fully saturated rings. The van der Waals surface area contributed by atoms with Crippen molar-refractivity contribution in [3.63, 3.8) is 0 Å². The van der Waals surface area contributed by atoms with Crippen molar-refractivity contribution in [2.75, 3.05) is 0 Å².